The first-order chi connectivity index (χ1) is 7.96. The van der Waals surface area contributed by atoms with Crippen molar-refractivity contribution in [2.75, 3.05) is 0 Å². The third-order valence-electron chi connectivity index (χ3n) is 15.9. The van der Waals surface area contributed by atoms with Crippen molar-refractivity contribution in [1.29, 1.82) is 0 Å². The van der Waals surface area contributed by atoms with Gasteiger partial charge in [-0.1, -0.05) is 0 Å². The van der Waals surface area contributed by atoms with E-state index in [1.165, 1.54) is 49.8 Å². The van der Waals surface area contributed by atoms with E-state index in [9.17, 15) is 4.79 Å². The number of hydrogen-bond acceptors (Lipinski definition) is 1. The zero-order valence-electron chi connectivity index (χ0n) is 9.53. The Morgan fingerprint density at radius 3 is 1.82 bits per heavy atom. The van der Waals surface area contributed by atoms with Crippen LogP contribution >= 0.6 is 0 Å². The van der Waals surface area contributed by atoms with Crippen LogP contribution < -0.4 is 0 Å². The third kappa shape index (κ3) is 0.0647. The molecule has 0 aromatic carbocycles. The van der Waals surface area contributed by atoms with Gasteiger partial charge in [-0.2, -0.15) is 0 Å². The van der Waals surface area contributed by atoms with Gasteiger partial charge < -0.3 is 0 Å². The maximum atomic E-state index is 10.8. The average Bonchev–Trinajstić information content (AvgIpc) is 3.24. The summed E-state index contributed by atoms with van der Waals surface area (Å²) in [5.41, 5.74) is 0. The zero-order valence-corrected chi connectivity index (χ0v) is 10.6. The van der Waals surface area contributed by atoms with E-state index in [0.717, 1.165) is 10.7 Å². The predicted molar refractivity (Wildman–Crippen MR) is 57.9 cm³/mol. The van der Waals surface area contributed by atoms with Crippen molar-refractivity contribution in [3.63, 3.8) is 0 Å². The van der Waals surface area contributed by atoms with Gasteiger partial charge in [0.15, 0.2) is 0 Å². The molecule has 3 heteroatoms. The summed E-state index contributed by atoms with van der Waals surface area (Å²) < 4.78 is 0.967. The van der Waals surface area contributed by atoms with Crippen molar-refractivity contribution in [3.05, 3.63) is 0 Å². The molecule has 0 saturated carbocycles. The summed E-state index contributed by atoms with van der Waals surface area (Å²) in [5, 5.41) is 8.88. The molecule has 10 fully saturated rings. The van der Waals surface area contributed by atoms with Gasteiger partial charge in [0, 0.05) is 0 Å². The molecule has 1 N–H and O–H groups in total. The predicted octanol–water partition coefficient (Wildman–Crippen LogP) is 4.00. The van der Waals surface area contributed by atoms with Crippen molar-refractivity contribution in [1.82, 2.24) is 0 Å². The molecule has 0 aromatic heterocycles. The number of hydrogen-bond donors (Lipinski definition) is 1. The minimum absolute atomic E-state index is 0.457. The van der Waals surface area contributed by atoms with Gasteiger partial charge >= 0.3 is 89.3 Å². The minimum atomic E-state index is -2.81. The van der Waals surface area contributed by atoms with Crippen LogP contribution in [0.1, 0.15) is 19.3 Å². The SMILES string of the molecule is O=C(O)CCC[C]12[CH]3[CH]4[CH]5[CH]1[Fe]45321678[CH]2[CH]1[CH]6[CH]7[CH]28. The van der Waals surface area contributed by atoms with Crippen LogP contribution in [0.5, 0.6) is 0 Å². The fourth-order valence-electron chi connectivity index (χ4n) is 17.9. The Balaban J connectivity index is 1.36. The van der Waals surface area contributed by atoms with Gasteiger partial charge in [-0.25, -0.2) is 0 Å². The number of rotatable bonds is 4. The molecule has 0 aliphatic carbocycles. The van der Waals surface area contributed by atoms with Gasteiger partial charge in [-0.15, -0.1) is 0 Å². The molecule has 2 nitrogen and oxygen atoms in total. The summed E-state index contributed by atoms with van der Waals surface area (Å²) in [6.45, 7) is -2.81. The molecular weight excluding hydrogens is 256 g/mol. The molecule has 0 amide bonds. The summed E-state index contributed by atoms with van der Waals surface area (Å²) in [6.07, 6.45) is 2.88. The van der Waals surface area contributed by atoms with Gasteiger partial charge in [0.25, 0.3) is 0 Å². The monoisotopic (exact) mass is 272 g/mol. The molecule has 4 unspecified atom stereocenters. The number of carboxylic acids is 1. The van der Waals surface area contributed by atoms with Crippen LogP contribution in [-0.2, 0) is 11.3 Å². The first-order valence-electron chi connectivity index (χ1n) is 7.39. The molecule has 1 spiro atoms. The summed E-state index contributed by atoms with van der Waals surface area (Å²) in [4.78, 5) is 23.4. The van der Waals surface area contributed by atoms with Gasteiger partial charge in [-0.05, 0) is 0 Å². The number of carbonyl (C=O) groups is 1. The molecule has 17 heavy (non-hydrogen) atoms. The molecule has 10 heterocycles. The Morgan fingerprint density at radius 1 is 1.00 bits per heavy atom. The van der Waals surface area contributed by atoms with Crippen LogP contribution in [0.4, 0.5) is 0 Å². The van der Waals surface area contributed by atoms with Crippen LogP contribution in [0, 0.1) is 0 Å². The number of carboxylic acid groups (broad SMARTS) is 1. The van der Waals surface area contributed by atoms with Crippen LogP contribution in [0.3, 0.4) is 0 Å². The molecule has 92 valence electrons. The first-order valence-corrected chi connectivity index (χ1v) is 13.7. The fraction of sp³-hybridized carbons (Fsp3) is 0.929. The molecule has 4 atom stereocenters. The zero-order chi connectivity index (χ0) is 10.7. The van der Waals surface area contributed by atoms with E-state index in [0.29, 0.717) is 6.42 Å². The van der Waals surface area contributed by atoms with E-state index in [4.69, 9.17) is 5.11 Å². The Labute approximate surface area is 89.4 Å². The van der Waals surface area contributed by atoms with Gasteiger partial charge in [0.2, 0.25) is 0 Å². The van der Waals surface area contributed by atoms with Crippen LogP contribution in [-0.4, -0.2) is 11.1 Å². The number of fused-ring (bicyclic) bond motifs is 10. The molecule has 10 saturated heterocycles. The van der Waals surface area contributed by atoms with Crippen molar-refractivity contribution in [2.24, 2.45) is 0 Å². The second-order valence-corrected chi connectivity index (χ2v) is 34.8. The number of aliphatic carboxylic acids is 1. The summed E-state index contributed by atoms with van der Waals surface area (Å²) >= 11 is 0. The quantitative estimate of drug-likeness (QED) is 0.785. The summed E-state index contributed by atoms with van der Waals surface area (Å²) in [6, 6.07) is 0. The van der Waals surface area contributed by atoms with Gasteiger partial charge in [0.05, 0.1) is 0 Å². The Bertz CT molecular complexity index is 895. The van der Waals surface area contributed by atoms with Crippen molar-refractivity contribution >= 4 is 5.97 Å². The van der Waals surface area contributed by atoms with Crippen LogP contribution in [0.15, 0.2) is 0 Å². The van der Waals surface area contributed by atoms with E-state index >= 15 is 0 Å². The van der Waals surface area contributed by atoms with Crippen molar-refractivity contribution in [3.8, 4) is 0 Å². The topological polar surface area (TPSA) is 37.3 Å². The molecular formula is C14H16FeO2. The van der Waals surface area contributed by atoms with E-state index < -0.39 is 12.5 Å². The van der Waals surface area contributed by atoms with Gasteiger partial charge in [-0.3, -0.25) is 0 Å². The summed E-state index contributed by atoms with van der Waals surface area (Å²) in [5.74, 6) is -0.559. The molecule has 0 radical (unpaired) electrons. The summed E-state index contributed by atoms with van der Waals surface area (Å²) in [7, 11) is 0. The Morgan fingerprint density at radius 2 is 1.53 bits per heavy atom. The van der Waals surface area contributed by atoms with Gasteiger partial charge in [0.1, 0.15) is 0 Å². The normalized spacial score (nSPS) is 119. The molecule has 10 rings (SSSR count). The van der Waals surface area contributed by atoms with Crippen LogP contribution in [0.25, 0.3) is 0 Å². The maximum absolute atomic E-state index is 10.8. The standard InChI is InChI=1S/C9H11O2.C5H5.Fe/c10-9(11)7-3-6-8-4-1-2-5-8;1-2-4-5-3-1;/h1-2,4-5H,3,6-7H2,(H,10,11);1-5H;. The van der Waals surface area contributed by atoms with E-state index in [1.807, 2.05) is 0 Å². The first kappa shape index (κ1) is 6.43. The van der Waals surface area contributed by atoms with E-state index in [1.54, 1.807) is 0 Å². The van der Waals surface area contributed by atoms with Crippen LogP contribution in [0.2, 0.25) is 47.7 Å². The van der Waals surface area contributed by atoms with Crippen molar-refractivity contribution in [2.45, 2.75) is 66.9 Å². The molecule has 10 aliphatic rings. The molecule has 0 bridgehead atoms. The van der Waals surface area contributed by atoms with Crippen molar-refractivity contribution < 1.29 is 16.4 Å². The molecule has 0 aromatic rings. The Hall–Kier alpha value is -0.0105. The second kappa shape index (κ2) is 0.509. The Kier molecular flexibility index (Phi) is 0.193. The average molecular weight is 272 g/mol. The van der Waals surface area contributed by atoms with E-state index in [-0.39, 0.29) is 0 Å². The second-order valence-electron chi connectivity index (χ2n) is 11.1. The molecule has 10 aliphatic heterocycles. The van der Waals surface area contributed by atoms with E-state index in [2.05, 4.69) is 0 Å². The fourth-order valence-corrected chi connectivity index (χ4v) is 93.2. The third-order valence-corrected chi connectivity index (χ3v) is 59.0.